The molecule has 0 unspecified atom stereocenters. The zero-order valence-corrected chi connectivity index (χ0v) is 10.6. The number of hydrogen-bond donors (Lipinski definition) is 0. The molecule has 0 bridgehead atoms. The molecule has 2 nitrogen and oxygen atoms in total. The summed E-state index contributed by atoms with van der Waals surface area (Å²) in [4.78, 5) is 2.71. The highest BCUT2D eigenvalue weighted by molar-refractivity contribution is 4.84. The van der Waals surface area contributed by atoms with E-state index in [4.69, 9.17) is 4.74 Å². The van der Waals surface area contributed by atoms with Crippen LogP contribution in [0.2, 0.25) is 0 Å². The monoisotopic (exact) mass is 223 g/mol. The summed E-state index contributed by atoms with van der Waals surface area (Å²) < 4.78 is 5.71. The predicted molar refractivity (Wildman–Crippen MR) is 67.4 cm³/mol. The Morgan fingerprint density at radius 2 is 1.69 bits per heavy atom. The lowest BCUT2D eigenvalue weighted by Gasteiger charge is -2.38. The fraction of sp³-hybridized carbons (Fsp3) is 0.857. The van der Waals surface area contributed by atoms with Gasteiger partial charge in [-0.1, -0.05) is 13.0 Å². The third-order valence-electron chi connectivity index (χ3n) is 3.92. The molecule has 1 heterocycles. The first-order chi connectivity index (χ1) is 7.75. The van der Waals surface area contributed by atoms with E-state index in [0.717, 1.165) is 11.8 Å². The Balaban J connectivity index is 1.73. The van der Waals surface area contributed by atoms with E-state index in [9.17, 15) is 0 Å². The smallest absolute Gasteiger partial charge is 0.0983 e. The zero-order chi connectivity index (χ0) is 11.4. The van der Waals surface area contributed by atoms with Gasteiger partial charge in [-0.3, -0.25) is 0 Å². The van der Waals surface area contributed by atoms with E-state index in [0.29, 0.717) is 6.10 Å². The lowest BCUT2D eigenvalue weighted by atomic mass is 9.90. The lowest BCUT2D eigenvalue weighted by molar-refractivity contribution is 0.0425. The standard InChI is InChI=1S/C14H25NO/c1-12(2)16-14-8-6-13(7-9-14)15-10-4-3-5-11-15/h13-14H,1,3-11H2,2H3. The van der Waals surface area contributed by atoms with E-state index in [1.54, 1.807) is 0 Å². The third kappa shape index (κ3) is 3.24. The summed E-state index contributed by atoms with van der Waals surface area (Å²) in [6.07, 6.45) is 9.76. The maximum Gasteiger partial charge on any atom is 0.0983 e. The number of hydrogen-bond acceptors (Lipinski definition) is 2. The van der Waals surface area contributed by atoms with E-state index < -0.39 is 0 Å². The number of allylic oxidation sites excluding steroid dienone is 1. The van der Waals surface area contributed by atoms with Crippen molar-refractivity contribution in [3.8, 4) is 0 Å². The topological polar surface area (TPSA) is 12.5 Å². The predicted octanol–water partition coefficient (Wildman–Crippen LogP) is 3.33. The molecule has 0 atom stereocenters. The first-order valence-corrected chi connectivity index (χ1v) is 6.82. The average molecular weight is 223 g/mol. The van der Waals surface area contributed by atoms with E-state index in [1.807, 2.05) is 6.92 Å². The summed E-state index contributed by atoms with van der Waals surface area (Å²) in [6.45, 7) is 8.44. The molecule has 0 radical (unpaired) electrons. The van der Waals surface area contributed by atoms with Crippen molar-refractivity contribution in [2.45, 2.75) is 64.0 Å². The second kappa shape index (κ2) is 5.72. The fourth-order valence-corrected chi connectivity index (χ4v) is 3.10. The van der Waals surface area contributed by atoms with Crippen LogP contribution in [0.3, 0.4) is 0 Å². The number of piperidine rings is 1. The molecule has 1 saturated heterocycles. The van der Waals surface area contributed by atoms with Crippen molar-refractivity contribution in [3.05, 3.63) is 12.3 Å². The molecular formula is C14H25NO. The molecule has 0 spiro atoms. The molecule has 0 aromatic rings. The molecule has 0 N–H and O–H groups in total. The van der Waals surface area contributed by atoms with Gasteiger partial charge < -0.3 is 9.64 Å². The number of nitrogens with zero attached hydrogens (tertiary/aromatic N) is 1. The Labute approximate surface area is 99.7 Å². The van der Waals surface area contributed by atoms with Crippen LogP contribution >= 0.6 is 0 Å². The average Bonchev–Trinajstić information content (AvgIpc) is 2.30. The van der Waals surface area contributed by atoms with Crippen LogP contribution in [0.4, 0.5) is 0 Å². The van der Waals surface area contributed by atoms with Crippen LogP contribution in [0.5, 0.6) is 0 Å². The highest BCUT2D eigenvalue weighted by Gasteiger charge is 2.27. The molecule has 2 heteroatoms. The van der Waals surface area contributed by atoms with E-state index in [2.05, 4.69) is 11.5 Å². The first-order valence-electron chi connectivity index (χ1n) is 6.82. The maximum atomic E-state index is 5.71. The molecule has 1 saturated carbocycles. The summed E-state index contributed by atoms with van der Waals surface area (Å²) in [5, 5.41) is 0. The number of likely N-dealkylation sites (tertiary alicyclic amines) is 1. The second-order valence-electron chi connectivity index (χ2n) is 5.35. The second-order valence-corrected chi connectivity index (χ2v) is 5.35. The Hall–Kier alpha value is -0.500. The molecule has 2 fully saturated rings. The van der Waals surface area contributed by atoms with Crippen molar-refractivity contribution in [1.82, 2.24) is 4.90 Å². The summed E-state index contributed by atoms with van der Waals surface area (Å²) in [7, 11) is 0. The van der Waals surface area contributed by atoms with Crippen molar-refractivity contribution in [2.75, 3.05) is 13.1 Å². The minimum Gasteiger partial charge on any atom is -0.496 e. The van der Waals surface area contributed by atoms with Crippen LogP contribution in [0.25, 0.3) is 0 Å². The quantitative estimate of drug-likeness (QED) is 0.680. The first kappa shape index (κ1) is 12.0. The van der Waals surface area contributed by atoms with E-state index >= 15 is 0 Å². The third-order valence-corrected chi connectivity index (χ3v) is 3.92. The number of rotatable bonds is 3. The summed E-state index contributed by atoms with van der Waals surface area (Å²) >= 11 is 0. The highest BCUT2D eigenvalue weighted by Crippen LogP contribution is 2.27. The van der Waals surface area contributed by atoms with Crippen molar-refractivity contribution in [2.24, 2.45) is 0 Å². The van der Waals surface area contributed by atoms with Gasteiger partial charge in [-0.15, -0.1) is 0 Å². The molecule has 2 rings (SSSR count). The van der Waals surface area contributed by atoms with Crippen LogP contribution in [-0.4, -0.2) is 30.1 Å². The maximum absolute atomic E-state index is 5.71. The Morgan fingerprint density at radius 3 is 2.25 bits per heavy atom. The zero-order valence-electron chi connectivity index (χ0n) is 10.6. The molecule has 2 aliphatic rings. The van der Waals surface area contributed by atoms with Crippen molar-refractivity contribution >= 4 is 0 Å². The van der Waals surface area contributed by atoms with Gasteiger partial charge in [-0.25, -0.2) is 0 Å². The summed E-state index contributed by atoms with van der Waals surface area (Å²) in [5.41, 5.74) is 0. The minimum absolute atomic E-state index is 0.443. The van der Waals surface area contributed by atoms with Crippen LogP contribution in [0.15, 0.2) is 12.3 Å². The van der Waals surface area contributed by atoms with Gasteiger partial charge in [0.25, 0.3) is 0 Å². The van der Waals surface area contributed by atoms with Gasteiger partial charge in [0.05, 0.1) is 11.9 Å². The molecule has 92 valence electrons. The normalized spacial score (nSPS) is 32.3. The molecule has 0 aromatic carbocycles. The van der Waals surface area contributed by atoms with Crippen molar-refractivity contribution < 1.29 is 4.74 Å². The van der Waals surface area contributed by atoms with Gasteiger partial charge in [0.2, 0.25) is 0 Å². The van der Waals surface area contributed by atoms with Crippen molar-refractivity contribution in [1.29, 1.82) is 0 Å². The summed E-state index contributed by atoms with van der Waals surface area (Å²) in [5.74, 6) is 0.876. The van der Waals surface area contributed by atoms with Gasteiger partial charge in [-0.2, -0.15) is 0 Å². The number of ether oxygens (including phenoxy) is 1. The van der Waals surface area contributed by atoms with Gasteiger partial charge >= 0.3 is 0 Å². The van der Waals surface area contributed by atoms with Crippen LogP contribution in [-0.2, 0) is 4.74 Å². The van der Waals surface area contributed by atoms with Gasteiger partial charge in [0.15, 0.2) is 0 Å². The van der Waals surface area contributed by atoms with Gasteiger partial charge in [-0.05, 0) is 58.5 Å². The Bertz CT molecular complexity index is 225. The van der Waals surface area contributed by atoms with E-state index in [1.165, 1.54) is 58.0 Å². The van der Waals surface area contributed by atoms with Crippen LogP contribution in [0.1, 0.15) is 51.9 Å². The SMILES string of the molecule is C=C(C)OC1CCC(N2CCCCC2)CC1. The molecular weight excluding hydrogens is 198 g/mol. The lowest BCUT2D eigenvalue weighted by Crippen LogP contribution is -2.42. The van der Waals surface area contributed by atoms with Gasteiger partial charge in [0.1, 0.15) is 0 Å². The highest BCUT2D eigenvalue weighted by atomic mass is 16.5. The molecule has 0 aromatic heterocycles. The molecule has 1 aliphatic heterocycles. The van der Waals surface area contributed by atoms with E-state index in [-0.39, 0.29) is 0 Å². The van der Waals surface area contributed by atoms with Crippen LogP contribution in [0, 0.1) is 0 Å². The van der Waals surface area contributed by atoms with Crippen molar-refractivity contribution in [3.63, 3.8) is 0 Å². The molecule has 16 heavy (non-hydrogen) atoms. The largest absolute Gasteiger partial charge is 0.496 e. The minimum atomic E-state index is 0.443. The molecule has 0 amide bonds. The van der Waals surface area contributed by atoms with Gasteiger partial charge in [0, 0.05) is 6.04 Å². The molecule has 1 aliphatic carbocycles. The van der Waals surface area contributed by atoms with Crippen LogP contribution < -0.4 is 0 Å². The summed E-state index contributed by atoms with van der Waals surface area (Å²) in [6, 6.07) is 0.838. The fourth-order valence-electron chi connectivity index (χ4n) is 3.10. The Morgan fingerprint density at radius 1 is 1.06 bits per heavy atom. The Kier molecular flexibility index (Phi) is 4.28.